The number of fused-ring (bicyclic) bond motifs is 2. The van der Waals surface area contributed by atoms with E-state index >= 15 is 0 Å². The van der Waals surface area contributed by atoms with Gasteiger partial charge in [-0.05, 0) is 29.7 Å². The summed E-state index contributed by atoms with van der Waals surface area (Å²) in [4.78, 5) is 40.0. The minimum absolute atomic E-state index is 0.297. The molecule has 0 fully saturated rings. The van der Waals surface area contributed by atoms with Crippen LogP contribution in [0.4, 0.5) is 0 Å². The zero-order valence-electron chi connectivity index (χ0n) is 18.5. The van der Waals surface area contributed by atoms with Crippen molar-refractivity contribution in [2.75, 3.05) is 13.7 Å². The highest BCUT2D eigenvalue weighted by Crippen LogP contribution is 2.31. The molecule has 0 unspecified atom stereocenters. The molecule has 1 amide bonds. The number of aromatic amines is 1. The lowest BCUT2D eigenvalue weighted by molar-refractivity contribution is -0.127. The predicted octanol–water partition coefficient (Wildman–Crippen LogP) is 2.78. The minimum Gasteiger partial charge on any atom is -0.494 e. The Balaban J connectivity index is 1.45. The van der Waals surface area contributed by atoms with Crippen LogP contribution in [0.5, 0.6) is 5.75 Å². The number of nitrogens with zero attached hydrogens (tertiary/aromatic N) is 3. The number of methoxy groups -OCH3 is 1. The first-order valence-electron chi connectivity index (χ1n) is 10.8. The summed E-state index contributed by atoms with van der Waals surface area (Å²) < 4.78 is 5.42. The lowest BCUT2D eigenvalue weighted by Crippen LogP contribution is -2.40. The van der Waals surface area contributed by atoms with Crippen LogP contribution in [-0.2, 0) is 17.8 Å². The molecule has 1 aliphatic heterocycles. The molecule has 4 aromatic rings. The molecule has 1 radical (unpaired) electrons. The number of H-pyrrole nitrogens is 1. The summed E-state index contributed by atoms with van der Waals surface area (Å²) in [5, 5.41) is 0.578. The van der Waals surface area contributed by atoms with Gasteiger partial charge in [0.15, 0.2) is 7.28 Å². The van der Waals surface area contributed by atoms with Crippen LogP contribution in [0.2, 0.25) is 6.82 Å². The van der Waals surface area contributed by atoms with Crippen molar-refractivity contribution >= 4 is 35.5 Å². The molecule has 0 bridgehead atoms. The molecule has 0 aliphatic carbocycles. The smallest absolute Gasteiger partial charge is 0.295 e. The van der Waals surface area contributed by atoms with Gasteiger partial charge in [0.2, 0.25) is 0 Å². The summed E-state index contributed by atoms with van der Waals surface area (Å²) in [6, 6.07) is 11.9. The number of carbonyl (C=O) groups excluding carboxylic acids is 2. The van der Waals surface area contributed by atoms with E-state index in [-0.39, 0.29) is 0 Å². The van der Waals surface area contributed by atoms with E-state index < -0.39 is 11.7 Å². The molecule has 33 heavy (non-hydrogen) atoms. The molecule has 0 atom stereocenters. The van der Waals surface area contributed by atoms with Gasteiger partial charge >= 0.3 is 0 Å². The number of hydrogen-bond acceptors (Lipinski definition) is 5. The molecule has 0 spiro atoms. The van der Waals surface area contributed by atoms with Crippen LogP contribution in [-0.4, -0.2) is 52.5 Å². The Morgan fingerprint density at radius 3 is 2.79 bits per heavy atom. The third-order valence-electron chi connectivity index (χ3n) is 6.13. The summed E-state index contributed by atoms with van der Waals surface area (Å²) >= 11 is 0. The second kappa shape index (κ2) is 8.54. The third-order valence-corrected chi connectivity index (χ3v) is 6.13. The van der Waals surface area contributed by atoms with E-state index in [1.54, 1.807) is 23.5 Å². The largest absolute Gasteiger partial charge is 0.494 e. The van der Waals surface area contributed by atoms with Gasteiger partial charge < -0.3 is 14.6 Å². The van der Waals surface area contributed by atoms with Gasteiger partial charge in [-0.2, -0.15) is 0 Å². The highest BCUT2D eigenvalue weighted by atomic mass is 16.5. The molecular weight excluding hydrogens is 415 g/mol. The highest BCUT2D eigenvalue weighted by Gasteiger charge is 2.30. The first kappa shape index (κ1) is 20.9. The van der Waals surface area contributed by atoms with Crippen molar-refractivity contribution in [1.82, 2.24) is 19.9 Å². The highest BCUT2D eigenvalue weighted by molar-refractivity contribution is 6.55. The van der Waals surface area contributed by atoms with Gasteiger partial charge in [0.1, 0.15) is 5.75 Å². The fraction of sp³-hybridized carbons (Fsp3) is 0.200. The quantitative estimate of drug-likeness (QED) is 0.295. The number of nitrogens with one attached hydrogen (secondary N) is 1. The maximum absolute atomic E-state index is 13.3. The molecule has 0 saturated carbocycles. The van der Waals surface area contributed by atoms with Crippen LogP contribution in [0.15, 0.2) is 55.0 Å². The van der Waals surface area contributed by atoms with Gasteiger partial charge in [0.25, 0.3) is 11.7 Å². The fourth-order valence-corrected chi connectivity index (χ4v) is 4.49. The molecule has 4 heterocycles. The van der Waals surface area contributed by atoms with Crippen LogP contribution in [0.1, 0.15) is 21.5 Å². The number of hydrogen-bond donors (Lipinski definition) is 1. The Kier molecular flexibility index (Phi) is 5.42. The molecule has 163 valence electrons. The van der Waals surface area contributed by atoms with E-state index in [2.05, 4.69) is 21.0 Å². The fourth-order valence-electron chi connectivity index (χ4n) is 4.49. The molecule has 0 saturated heterocycles. The number of aromatic nitrogens is 3. The Morgan fingerprint density at radius 2 is 2.03 bits per heavy atom. The van der Waals surface area contributed by atoms with Gasteiger partial charge in [0, 0.05) is 36.6 Å². The van der Waals surface area contributed by atoms with Crippen molar-refractivity contribution in [2.24, 2.45) is 0 Å². The topological polar surface area (TPSA) is 88.2 Å². The van der Waals surface area contributed by atoms with Gasteiger partial charge in [-0.3, -0.25) is 19.6 Å². The number of benzene rings is 1. The standard InChI is InChI=1S/C25H22BN4O3/c1-26-24-22-21(20(33-2)13-29-24)18(12-28-22)23(31)25(32)30-11-9-16-15(14-30)6-5-7-17(16)19-8-3-4-10-27-19/h3-8,10,12-13,28H,9,11,14H2,1-2H3. The van der Waals surface area contributed by atoms with Crippen molar-refractivity contribution in [2.45, 2.75) is 19.8 Å². The molecule has 8 heteroatoms. The molecule has 5 rings (SSSR count). The van der Waals surface area contributed by atoms with Crippen LogP contribution >= 0.6 is 0 Å². The normalized spacial score (nSPS) is 13.0. The van der Waals surface area contributed by atoms with Gasteiger partial charge in [-0.15, -0.1) is 0 Å². The van der Waals surface area contributed by atoms with Crippen LogP contribution in [0, 0.1) is 0 Å². The Morgan fingerprint density at radius 1 is 1.15 bits per heavy atom. The maximum atomic E-state index is 13.3. The zero-order valence-corrected chi connectivity index (χ0v) is 18.5. The van der Waals surface area contributed by atoms with E-state index in [0.717, 1.165) is 16.8 Å². The zero-order chi connectivity index (χ0) is 22.9. The molecule has 3 aromatic heterocycles. The number of rotatable bonds is 5. The van der Waals surface area contributed by atoms with Crippen molar-refractivity contribution in [3.05, 3.63) is 71.7 Å². The van der Waals surface area contributed by atoms with E-state index in [1.165, 1.54) is 12.7 Å². The summed E-state index contributed by atoms with van der Waals surface area (Å²) in [6.45, 7) is 2.72. The summed E-state index contributed by atoms with van der Waals surface area (Å²) in [7, 11) is 3.37. The van der Waals surface area contributed by atoms with Crippen molar-refractivity contribution in [3.8, 4) is 17.0 Å². The second-order valence-electron chi connectivity index (χ2n) is 7.92. The Labute approximate surface area is 192 Å². The second-order valence-corrected chi connectivity index (χ2v) is 7.92. The van der Waals surface area contributed by atoms with Crippen LogP contribution < -0.4 is 10.3 Å². The van der Waals surface area contributed by atoms with Crippen LogP contribution in [0.25, 0.3) is 22.2 Å². The first-order valence-corrected chi connectivity index (χ1v) is 10.8. The summed E-state index contributed by atoms with van der Waals surface area (Å²) in [5.74, 6) is -0.625. The average molecular weight is 437 g/mol. The molecule has 1 N–H and O–H groups in total. The Bertz CT molecular complexity index is 1370. The van der Waals surface area contributed by atoms with Gasteiger partial charge in [-0.1, -0.05) is 31.1 Å². The van der Waals surface area contributed by atoms with E-state index in [0.29, 0.717) is 47.3 Å². The third kappa shape index (κ3) is 3.57. The molecule has 1 aromatic carbocycles. The number of ketones is 1. The van der Waals surface area contributed by atoms with Gasteiger partial charge in [-0.25, -0.2) is 0 Å². The number of pyridine rings is 2. The first-order chi connectivity index (χ1) is 16.1. The number of carbonyl (C=O) groups is 2. The predicted molar refractivity (Wildman–Crippen MR) is 127 cm³/mol. The Hall–Kier alpha value is -3.94. The van der Waals surface area contributed by atoms with Gasteiger partial charge in [0.05, 0.1) is 35.5 Å². The van der Waals surface area contributed by atoms with Crippen molar-refractivity contribution < 1.29 is 14.3 Å². The van der Waals surface area contributed by atoms with Crippen LogP contribution in [0.3, 0.4) is 0 Å². The molecule has 7 nitrogen and oxygen atoms in total. The average Bonchev–Trinajstić information content (AvgIpc) is 3.32. The van der Waals surface area contributed by atoms with E-state index in [4.69, 9.17) is 4.74 Å². The van der Waals surface area contributed by atoms with E-state index in [1.807, 2.05) is 44.4 Å². The lowest BCUT2D eigenvalue weighted by atomic mass is 9.76. The number of Topliss-reactive ketones (excluding diaryl/α,β-unsaturated/α-hetero) is 1. The van der Waals surface area contributed by atoms with Crippen molar-refractivity contribution in [3.63, 3.8) is 0 Å². The molecule has 1 aliphatic rings. The maximum Gasteiger partial charge on any atom is 0.295 e. The SMILES string of the molecule is C[B]c1ncc(OC)c2c(C(=O)C(=O)N3CCc4c(cccc4-c4ccccn4)C3)c[nH]c12. The minimum atomic E-state index is -0.558. The summed E-state index contributed by atoms with van der Waals surface area (Å²) in [6.07, 6.45) is 5.58. The number of amides is 1. The number of ether oxygens (including phenoxy) is 1. The lowest BCUT2D eigenvalue weighted by Gasteiger charge is -2.29. The van der Waals surface area contributed by atoms with E-state index in [9.17, 15) is 9.59 Å². The van der Waals surface area contributed by atoms with Crippen molar-refractivity contribution in [1.29, 1.82) is 0 Å². The monoisotopic (exact) mass is 437 g/mol. The summed E-state index contributed by atoms with van der Waals surface area (Å²) in [5.41, 5.74) is 5.87. The molecular formula is C25H22BN4O3.